The maximum Gasteiger partial charge on any atom is 0.254 e. The zero-order chi connectivity index (χ0) is 9.31. The molecule has 0 aromatic rings. The Kier molecular flexibility index (Phi) is 2.26. The minimum atomic E-state index is -1.06. The molecule has 4 heteroatoms. The zero-order valence-electron chi connectivity index (χ0n) is 7.75. The van der Waals surface area contributed by atoms with Crippen molar-refractivity contribution in [2.24, 2.45) is 0 Å². The Morgan fingerprint density at radius 2 is 1.92 bits per heavy atom. The van der Waals surface area contributed by atoms with Crippen LogP contribution in [0.4, 0.5) is 0 Å². The second kappa shape index (κ2) is 3.27. The number of amides is 1. The van der Waals surface area contributed by atoms with Gasteiger partial charge in [-0.25, -0.2) is 0 Å². The Morgan fingerprint density at radius 3 is 2.38 bits per heavy atom. The maximum atomic E-state index is 11.8. The first-order chi connectivity index (χ1) is 6.22. The van der Waals surface area contributed by atoms with Crippen LogP contribution in [0, 0.1) is 0 Å². The number of likely N-dealkylation sites (tertiary alicyclic amines) is 1. The molecule has 0 aromatic carbocycles. The molecule has 2 saturated heterocycles. The van der Waals surface area contributed by atoms with Crippen molar-refractivity contribution in [3.8, 4) is 0 Å². The standard InChI is InChI=1S/C9H16N2O2/c12-8(11-6-1-7-11)9(13)2-4-10-5-3-9/h10,13H,1-7H2. The van der Waals surface area contributed by atoms with E-state index in [1.54, 1.807) is 4.90 Å². The summed E-state index contributed by atoms with van der Waals surface area (Å²) in [5.41, 5.74) is -1.06. The van der Waals surface area contributed by atoms with Gasteiger partial charge in [-0.05, 0) is 32.4 Å². The van der Waals surface area contributed by atoms with Gasteiger partial charge in [-0.15, -0.1) is 0 Å². The topological polar surface area (TPSA) is 52.6 Å². The number of carbonyl (C=O) groups is 1. The van der Waals surface area contributed by atoms with Crippen LogP contribution in [0.1, 0.15) is 19.3 Å². The zero-order valence-corrected chi connectivity index (χ0v) is 7.75. The smallest absolute Gasteiger partial charge is 0.254 e. The molecular formula is C9H16N2O2. The van der Waals surface area contributed by atoms with E-state index < -0.39 is 5.60 Å². The highest BCUT2D eigenvalue weighted by Gasteiger charge is 2.41. The first-order valence-corrected chi connectivity index (χ1v) is 4.95. The van der Waals surface area contributed by atoms with E-state index in [1.165, 1.54) is 0 Å². The summed E-state index contributed by atoms with van der Waals surface area (Å²) in [6, 6.07) is 0. The predicted octanol–water partition coefficient (Wildman–Crippen LogP) is -0.667. The number of hydrogen-bond donors (Lipinski definition) is 2. The second-order valence-corrected chi connectivity index (χ2v) is 3.93. The lowest BCUT2D eigenvalue weighted by molar-refractivity contribution is -0.157. The molecule has 0 aliphatic carbocycles. The molecule has 74 valence electrons. The fourth-order valence-corrected chi connectivity index (χ4v) is 1.87. The first kappa shape index (κ1) is 8.97. The molecule has 0 saturated carbocycles. The van der Waals surface area contributed by atoms with E-state index in [1.807, 2.05) is 0 Å². The third kappa shape index (κ3) is 1.56. The number of piperidine rings is 1. The molecule has 13 heavy (non-hydrogen) atoms. The first-order valence-electron chi connectivity index (χ1n) is 4.95. The van der Waals surface area contributed by atoms with E-state index >= 15 is 0 Å². The van der Waals surface area contributed by atoms with Gasteiger partial charge in [0, 0.05) is 13.1 Å². The van der Waals surface area contributed by atoms with Crippen LogP contribution in [0.15, 0.2) is 0 Å². The highest BCUT2D eigenvalue weighted by Crippen LogP contribution is 2.23. The van der Waals surface area contributed by atoms with Crippen LogP contribution >= 0.6 is 0 Å². The summed E-state index contributed by atoms with van der Waals surface area (Å²) in [5, 5.41) is 13.2. The van der Waals surface area contributed by atoms with Crippen LogP contribution in [-0.4, -0.2) is 47.7 Å². The van der Waals surface area contributed by atoms with E-state index in [2.05, 4.69) is 5.32 Å². The quantitative estimate of drug-likeness (QED) is 0.568. The Bertz CT molecular complexity index is 208. The van der Waals surface area contributed by atoms with Gasteiger partial charge in [0.25, 0.3) is 5.91 Å². The second-order valence-electron chi connectivity index (χ2n) is 3.93. The third-order valence-corrected chi connectivity index (χ3v) is 2.97. The summed E-state index contributed by atoms with van der Waals surface area (Å²) in [6.07, 6.45) is 2.20. The van der Waals surface area contributed by atoms with Gasteiger partial charge >= 0.3 is 0 Å². The average molecular weight is 184 g/mol. The Hall–Kier alpha value is -0.610. The maximum absolute atomic E-state index is 11.8. The fraction of sp³-hybridized carbons (Fsp3) is 0.889. The molecule has 0 bridgehead atoms. The molecule has 2 aliphatic rings. The predicted molar refractivity (Wildman–Crippen MR) is 48.3 cm³/mol. The van der Waals surface area contributed by atoms with Crippen molar-refractivity contribution in [3.05, 3.63) is 0 Å². The third-order valence-electron chi connectivity index (χ3n) is 2.97. The SMILES string of the molecule is O=C(N1CCC1)C1(O)CCNCC1. The van der Waals surface area contributed by atoms with E-state index in [4.69, 9.17) is 0 Å². The average Bonchev–Trinajstić information content (AvgIpc) is 2.02. The van der Waals surface area contributed by atoms with E-state index in [9.17, 15) is 9.90 Å². The number of nitrogens with zero attached hydrogens (tertiary/aromatic N) is 1. The van der Waals surface area contributed by atoms with Crippen LogP contribution in [0.3, 0.4) is 0 Å². The summed E-state index contributed by atoms with van der Waals surface area (Å²) in [5.74, 6) is -0.0553. The van der Waals surface area contributed by atoms with Crippen molar-refractivity contribution in [1.82, 2.24) is 10.2 Å². The molecule has 2 heterocycles. The monoisotopic (exact) mass is 184 g/mol. The summed E-state index contributed by atoms with van der Waals surface area (Å²) in [6.45, 7) is 3.15. The Labute approximate surface area is 77.9 Å². The summed E-state index contributed by atoms with van der Waals surface area (Å²) < 4.78 is 0. The van der Waals surface area contributed by atoms with E-state index in [0.717, 1.165) is 32.6 Å². The minimum absolute atomic E-state index is 0.0553. The molecule has 0 aromatic heterocycles. The number of carbonyl (C=O) groups excluding carboxylic acids is 1. The summed E-state index contributed by atoms with van der Waals surface area (Å²) in [7, 11) is 0. The fourth-order valence-electron chi connectivity index (χ4n) is 1.87. The van der Waals surface area contributed by atoms with Crippen molar-refractivity contribution >= 4 is 5.91 Å². The number of rotatable bonds is 1. The van der Waals surface area contributed by atoms with Gasteiger partial charge in [-0.1, -0.05) is 0 Å². The van der Waals surface area contributed by atoms with Crippen molar-refractivity contribution < 1.29 is 9.90 Å². The Balaban J connectivity index is 1.99. The molecular weight excluding hydrogens is 168 g/mol. The van der Waals surface area contributed by atoms with Gasteiger partial charge in [0.15, 0.2) is 0 Å². The molecule has 2 aliphatic heterocycles. The summed E-state index contributed by atoms with van der Waals surface area (Å²) >= 11 is 0. The van der Waals surface area contributed by atoms with Crippen molar-refractivity contribution in [3.63, 3.8) is 0 Å². The van der Waals surface area contributed by atoms with Crippen LogP contribution < -0.4 is 5.32 Å². The molecule has 0 atom stereocenters. The van der Waals surface area contributed by atoms with Gasteiger partial charge in [0.05, 0.1) is 0 Å². The lowest BCUT2D eigenvalue weighted by Gasteiger charge is -2.40. The van der Waals surface area contributed by atoms with Gasteiger partial charge < -0.3 is 15.3 Å². The molecule has 0 unspecified atom stereocenters. The van der Waals surface area contributed by atoms with Crippen LogP contribution in [0.25, 0.3) is 0 Å². The number of aliphatic hydroxyl groups is 1. The summed E-state index contributed by atoms with van der Waals surface area (Å²) in [4.78, 5) is 13.5. The molecule has 4 nitrogen and oxygen atoms in total. The highest BCUT2D eigenvalue weighted by atomic mass is 16.3. The molecule has 2 rings (SSSR count). The number of hydrogen-bond acceptors (Lipinski definition) is 3. The largest absolute Gasteiger partial charge is 0.380 e. The molecule has 0 spiro atoms. The Morgan fingerprint density at radius 1 is 1.31 bits per heavy atom. The van der Waals surface area contributed by atoms with Crippen molar-refractivity contribution in [2.75, 3.05) is 26.2 Å². The van der Waals surface area contributed by atoms with Crippen LogP contribution in [-0.2, 0) is 4.79 Å². The number of nitrogens with one attached hydrogen (secondary N) is 1. The normalized spacial score (nSPS) is 26.7. The highest BCUT2D eigenvalue weighted by molar-refractivity contribution is 5.85. The van der Waals surface area contributed by atoms with Gasteiger partial charge in [0.1, 0.15) is 5.60 Å². The van der Waals surface area contributed by atoms with Crippen molar-refractivity contribution in [2.45, 2.75) is 24.9 Å². The van der Waals surface area contributed by atoms with Gasteiger partial charge in [0.2, 0.25) is 0 Å². The van der Waals surface area contributed by atoms with Crippen LogP contribution in [0.5, 0.6) is 0 Å². The van der Waals surface area contributed by atoms with E-state index in [0.29, 0.717) is 12.8 Å². The van der Waals surface area contributed by atoms with Crippen molar-refractivity contribution in [1.29, 1.82) is 0 Å². The van der Waals surface area contributed by atoms with E-state index in [-0.39, 0.29) is 5.91 Å². The lowest BCUT2D eigenvalue weighted by atomic mass is 9.90. The lowest BCUT2D eigenvalue weighted by Crippen LogP contribution is -2.57. The molecule has 0 radical (unpaired) electrons. The minimum Gasteiger partial charge on any atom is -0.380 e. The molecule has 2 N–H and O–H groups in total. The molecule has 2 fully saturated rings. The van der Waals surface area contributed by atoms with Gasteiger partial charge in [-0.3, -0.25) is 4.79 Å². The van der Waals surface area contributed by atoms with Crippen LogP contribution in [0.2, 0.25) is 0 Å². The van der Waals surface area contributed by atoms with Gasteiger partial charge in [-0.2, -0.15) is 0 Å². The molecule has 1 amide bonds.